The van der Waals surface area contributed by atoms with Gasteiger partial charge >= 0.3 is 12.6 Å². The van der Waals surface area contributed by atoms with Gasteiger partial charge in [0.25, 0.3) is 0 Å². The van der Waals surface area contributed by atoms with Gasteiger partial charge in [-0.1, -0.05) is 35.9 Å². The maximum absolute atomic E-state index is 12.4. The van der Waals surface area contributed by atoms with Crippen molar-refractivity contribution in [3.05, 3.63) is 64.7 Å². The van der Waals surface area contributed by atoms with Crippen LogP contribution in [0, 0.1) is 0 Å². The predicted octanol–water partition coefficient (Wildman–Crippen LogP) is 3.90. The minimum Gasteiger partial charge on any atom is -0.469 e. The number of nitrogens with one attached hydrogen (secondary N) is 1. The molecule has 2 aromatic carbocycles. The molecule has 1 atom stereocenters. The van der Waals surface area contributed by atoms with Crippen molar-refractivity contribution in [3.63, 3.8) is 0 Å². The Kier molecular flexibility index (Phi) is 7.55. The van der Waals surface area contributed by atoms with Gasteiger partial charge in [-0.2, -0.15) is 8.78 Å². The fourth-order valence-corrected chi connectivity index (χ4v) is 2.54. The van der Waals surface area contributed by atoms with Crippen LogP contribution in [0.4, 0.5) is 8.78 Å². The lowest BCUT2D eigenvalue weighted by Gasteiger charge is -2.18. The Morgan fingerprint density at radius 3 is 2.26 bits per heavy atom. The van der Waals surface area contributed by atoms with E-state index in [1.165, 1.54) is 31.4 Å². The second kappa shape index (κ2) is 9.87. The van der Waals surface area contributed by atoms with E-state index in [4.69, 9.17) is 11.6 Å². The maximum Gasteiger partial charge on any atom is 0.387 e. The van der Waals surface area contributed by atoms with Crippen molar-refractivity contribution < 1.29 is 27.8 Å². The number of hydrogen-bond acceptors (Lipinski definition) is 4. The maximum atomic E-state index is 12.4. The highest BCUT2D eigenvalue weighted by Crippen LogP contribution is 2.21. The molecule has 0 fully saturated rings. The van der Waals surface area contributed by atoms with E-state index in [1.54, 1.807) is 24.3 Å². The lowest BCUT2D eigenvalue weighted by atomic mass is 10.0. The molecular weight excluding hydrogens is 380 g/mol. The summed E-state index contributed by atoms with van der Waals surface area (Å²) in [6, 6.07) is 11.9. The fraction of sp³-hybridized carbons (Fsp3) is 0.263. The van der Waals surface area contributed by atoms with Crippen molar-refractivity contribution in [1.29, 1.82) is 0 Å². The average Bonchev–Trinajstić information content (AvgIpc) is 2.63. The van der Waals surface area contributed by atoms with E-state index in [2.05, 4.69) is 14.8 Å². The summed E-state index contributed by atoms with van der Waals surface area (Å²) in [5, 5.41) is 3.31. The van der Waals surface area contributed by atoms with E-state index in [0.717, 1.165) is 0 Å². The number of ether oxygens (including phenoxy) is 2. The highest BCUT2D eigenvalue weighted by atomic mass is 35.5. The molecule has 1 unspecified atom stereocenters. The molecule has 5 nitrogen and oxygen atoms in total. The van der Waals surface area contributed by atoms with Crippen LogP contribution in [0.5, 0.6) is 5.75 Å². The van der Waals surface area contributed by atoms with E-state index >= 15 is 0 Å². The molecule has 0 heterocycles. The molecule has 0 spiro atoms. The van der Waals surface area contributed by atoms with Gasteiger partial charge in [0.15, 0.2) is 0 Å². The number of methoxy groups -OCH3 is 1. The third-order valence-corrected chi connectivity index (χ3v) is 3.97. The van der Waals surface area contributed by atoms with Crippen LogP contribution >= 0.6 is 11.6 Å². The summed E-state index contributed by atoms with van der Waals surface area (Å²) in [6.07, 6.45) is -0.0226. The Balaban J connectivity index is 2.04. The number of alkyl halides is 2. The summed E-state index contributed by atoms with van der Waals surface area (Å²) in [5.74, 6) is -0.788. The monoisotopic (exact) mass is 397 g/mol. The van der Waals surface area contributed by atoms with Crippen molar-refractivity contribution in [1.82, 2.24) is 5.32 Å². The summed E-state index contributed by atoms with van der Waals surface area (Å²) in [7, 11) is 1.27. The van der Waals surface area contributed by atoms with Crippen LogP contribution in [0.2, 0.25) is 5.02 Å². The van der Waals surface area contributed by atoms with Gasteiger partial charge in [-0.25, -0.2) is 0 Å². The average molecular weight is 398 g/mol. The molecule has 0 bridgehead atoms. The third kappa shape index (κ3) is 6.86. The molecule has 0 aromatic heterocycles. The smallest absolute Gasteiger partial charge is 0.387 e. The Labute approximate surface area is 160 Å². The van der Waals surface area contributed by atoms with Gasteiger partial charge in [0.1, 0.15) is 5.75 Å². The molecule has 0 saturated heterocycles. The predicted molar refractivity (Wildman–Crippen MR) is 95.7 cm³/mol. The molecule has 27 heavy (non-hydrogen) atoms. The minimum atomic E-state index is -2.90. The zero-order valence-electron chi connectivity index (χ0n) is 14.5. The molecule has 2 aromatic rings. The number of rotatable bonds is 8. The highest BCUT2D eigenvalue weighted by molar-refractivity contribution is 6.30. The van der Waals surface area contributed by atoms with E-state index < -0.39 is 18.6 Å². The normalized spacial score (nSPS) is 11.7. The van der Waals surface area contributed by atoms with E-state index in [9.17, 15) is 18.4 Å². The van der Waals surface area contributed by atoms with Gasteiger partial charge < -0.3 is 14.8 Å². The number of hydrogen-bond donors (Lipinski definition) is 1. The van der Waals surface area contributed by atoms with Crippen LogP contribution < -0.4 is 10.1 Å². The summed E-state index contributed by atoms with van der Waals surface area (Å²) >= 11 is 5.87. The number of esters is 1. The molecule has 1 N–H and O–H groups in total. The van der Waals surface area contributed by atoms with Crippen molar-refractivity contribution >= 4 is 23.5 Å². The van der Waals surface area contributed by atoms with Crippen molar-refractivity contribution in [2.45, 2.75) is 25.5 Å². The van der Waals surface area contributed by atoms with Crippen LogP contribution in [-0.4, -0.2) is 25.6 Å². The second-order valence-corrected chi connectivity index (χ2v) is 6.09. The number of halogens is 3. The van der Waals surface area contributed by atoms with Crippen LogP contribution in [0.15, 0.2) is 48.5 Å². The zero-order chi connectivity index (χ0) is 19.8. The summed E-state index contributed by atoms with van der Waals surface area (Å²) in [4.78, 5) is 24.0. The van der Waals surface area contributed by atoms with E-state index in [1.807, 2.05) is 0 Å². The lowest BCUT2D eigenvalue weighted by molar-refractivity contribution is -0.141. The SMILES string of the molecule is COC(=O)CC(NC(=O)Cc1ccc(OC(F)F)cc1)c1ccc(Cl)cc1. The van der Waals surface area contributed by atoms with Crippen molar-refractivity contribution in [2.24, 2.45) is 0 Å². The fourth-order valence-electron chi connectivity index (χ4n) is 2.42. The summed E-state index contributed by atoms with van der Waals surface area (Å²) in [6.45, 7) is -2.90. The lowest BCUT2D eigenvalue weighted by Crippen LogP contribution is -2.31. The molecule has 0 aliphatic carbocycles. The van der Waals surface area contributed by atoms with Gasteiger partial charge in [0, 0.05) is 5.02 Å². The highest BCUT2D eigenvalue weighted by Gasteiger charge is 2.19. The second-order valence-electron chi connectivity index (χ2n) is 5.65. The first-order valence-electron chi connectivity index (χ1n) is 8.02. The molecule has 0 aliphatic heterocycles. The van der Waals surface area contributed by atoms with Crippen LogP contribution in [0.25, 0.3) is 0 Å². The van der Waals surface area contributed by atoms with Gasteiger partial charge in [-0.05, 0) is 35.4 Å². The molecular formula is C19H18ClF2NO4. The molecule has 1 amide bonds. The van der Waals surface area contributed by atoms with Crippen LogP contribution in [0.1, 0.15) is 23.6 Å². The molecule has 0 radical (unpaired) electrons. The van der Waals surface area contributed by atoms with Crippen LogP contribution in [-0.2, 0) is 20.7 Å². The number of amides is 1. The zero-order valence-corrected chi connectivity index (χ0v) is 15.2. The standard InChI is InChI=1S/C19H18ClF2NO4/c1-26-18(25)11-16(13-4-6-14(20)7-5-13)23-17(24)10-12-2-8-15(9-3-12)27-19(21)22/h2-9,16,19H,10-11H2,1H3,(H,23,24). The first kappa shape index (κ1) is 20.6. The molecule has 8 heteroatoms. The number of carbonyl (C=O) groups excluding carboxylic acids is 2. The topological polar surface area (TPSA) is 64.6 Å². The summed E-state index contributed by atoms with van der Waals surface area (Å²) in [5.41, 5.74) is 1.32. The van der Waals surface area contributed by atoms with Gasteiger partial charge in [0.05, 0.1) is 26.0 Å². The van der Waals surface area contributed by atoms with E-state index in [-0.39, 0.29) is 24.5 Å². The van der Waals surface area contributed by atoms with Crippen molar-refractivity contribution in [2.75, 3.05) is 7.11 Å². The minimum absolute atomic E-state index is 0.0129. The van der Waals surface area contributed by atoms with Crippen LogP contribution in [0.3, 0.4) is 0 Å². The Morgan fingerprint density at radius 1 is 1.07 bits per heavy atom. The van der Waals surface area contributed by atoms with Gasteiger partial charge in [-0.15, -0.1) is 0 Å². The van der Waals surface area contributed by atoms with Gasteiger partial charge in [0.2, 0.25) is 5.91 Å². The Bertz CT molecular complexity index is 766. The molecule has 2 rings (SSSR count). The first-order valence-corrected chi connectivity index (χ1v) is 8.40. The third-order valence-electron chi connectivity index (χ3n) is 3.72. The Hall–Kier alpha value is -2.67. The molecule has 144 valence electrons. The quantitative estimate of drug-likeness (QED) is 0.686. The number of benzene rings is 2. The molecule has 0 saturated carbocycles. The van der Waals surface area contributed by atoms with E-state index in [0.29, 0.717) is 16.1 Å². The first-order chi connectivity index (χ1) is 12.9. The largest absolute Gasteiger partial charge is 0.469 e. The Morgan fingerprint density at radius 2 is 1.70 bits per heavy atom. The molecule has 0 aliphatic rings. The summed E-state index contributed by atoms with van der Waals surface area (Å²) < 4.78 is 33.3. The van der Waals surface area contributed by atoms with Gasteiger partial charge in [-0.3, -0.25) is 9.59 Å². The number of carbonyl (C=O) groups is 2. The van der Waals surface area contributed by atoms with Crippen molar-refractivity contribution in [3.8, 4) is 5.75 Å².